The number of rotatable bonds is 1. The number of hydrogen-bond acceptors (Lipinski definition) is 2. The highest BCUT2D eigenvalue weighted by atomic mass is 16.5. The van der Waals surface area contributed by atoms with Gasteiger partial charge in [0.25, 0.3) is 0 Å². The maximum atomic E-state index is 5.65. The van der Waals surface area contributed by atoms with E-state index in [0.29, 0.717) is 6.04 Å². The first-order valence-corrected chi connectivity index (χ1v) is 5.13. The van der Waals surface area contributed by atoms with E-state index in [1.165, 1.54) is 16.7 Å². The number of aryl methyl sites for hydroxylation is 2. The second kappa shape index (κ2) is 3.62. The zero-order valence-corrected chi connectivity index (χ0v) is 9.05. The number of nitrogens with one attached hydrogen (secondary N) is 1. The summed E-state index contributed by atoms with van der Waals surface area (Å²) in [5.41, 5.74) is 3.96. The van der Waals surface area contributed by atoms with Gasteiger partial charge >= 0.3 is 0 Å². The van der Waals surface area contributed by atoms with Gasteiger partial charge in [0, 0.05) is 18.0 Å². The fraction of sp³-hybridized carbons (Fsp3) is 0.500. The van der Waals surface area contributed by atoms with E-state index in [1.807, 2.05) is 7.05 Å². The van der Waals surface area contributed by atoms with E-state index in [-0.39, 0.29) is 0 Å². The summed E-state index contributed by atoms with van der Waals surface area (Å²) >= 11 is 0. The zero-order valence-electron chi connectivity index (χ0n) is 9.05. The Hall–Kier alpha value is -1.02. The highest BCUT2D eigenvalue weighted by Gasteiger charge is 2.20. The first kappa shape index (κ1) is 9.53. The van der Waals surface area contributed by atoms with Gasteiger partial charge in [-0.25, -0.2) is 0 Å². The second-order valence-corrected chi connectivity index (χ2v) is 3.95. The van der Waals surface area contributed by atoms with Crippen molar-refractivity contribution in [3.63, 3.8) is 0 Å². The van der Waals surface area contributed by atoms with E-state index in [2.05, 4.69) is 31.3 Å². The summed E-state index contributed by atoms with van der Waals surface area (Å²) in [4.78, 5) is 0. The van der Waals surface area contributed by atoms with Crippen LogP contribution in [-0.2, 0) is 0 Å². The van der Waals surface area contributed by atoms with Gasteiger partial charge in [-0.05, 0) is 38.1 Å². The minimum Gasteiger partial charge on any atom is -0.493 e. The average Bonchev–Trinajstić information content (AvgIpc) is 2.19. The Bertz CT molecular complexity index is 346. The van der Waals surface area contributed by atoms with Gasteiger partial charge in [0.1, 0.15) is 5.75 Å². The van der Waals surface area contributed by atoms with Crippen LogP contribution in [0.1, 0.15) is 29.2 Å². The number of fused-ring (bicyclic) bond motifs is 1. The van der Waals surface area contributed by atoms with Crippen molar-refractivity contribution in [1.82, 2.24) is 5.32 Å². The van der Waals surface area contributed by atoms with Crippen LogP contribution in [0.3, 0.4) is 0 Å². The van der Waals surface area contributed by atoms with Crippen LogP contribution in [0.5, 0.6) is 5.75 Å². The van der Waals surface area contributed by atoms with Crippen molar-refractivity contribution in [3.8, 4) is 5.75 Å². The van der Waals surface area contributed by atoms with Crippen molar-refractivity contribution < 1.29 is 4.74 Å². The topological polar surface area (TPSA) is 21.3 Å². The van der Waals surface area contributed by atoms with E-state index in [0.717, 1.165) is 18.8 Å². The molecular weight excluding hydrogens is 174 g/mol. The minimum absolute atomic E-state index is 0.457. The Morgan fingerprint density at radius 1 is 1.29 bits per heavy atom. The van der Waals surface area contributed by atoms with Gasteiger partial charge in [0.15, 0.2) is 0 Å². The molecule has 1 unspecified atom stereocenters. The summed E-state index contributed by atoms with van der Waals surface area (Å²) < 4.78 is 5.65. The number of benzene rings is 1. The fourth-order valence-corrected chi connectivity index (χ4v) is 1.95. The third kappa shape index (κ3) is 1.50. The smallest absolute Gasteiger partial charge is 0.124 e. The molecule has 1 N–H and O–H groups in total. The molecule has 0 saturated heterocycles. The Morgan fingerprint density at radius 2 is 2.00 bits per heavy atom. The molecule has 0 aromatic heterocycles. The molecule has 2 heteroatoms. The molecule has 1 aromatic carbocycles. The van der Waals surface area contributed by atoms with Gasteiger partial charge in [-0.1, -0.05) is 6.07 Å². The summed E-state index contributed by atoms with van der Waals surface area (Å²) in [7, 11) is 2.01. The van der Waals surface area contributed by atoms with Gasteiger partial charge in [0.2, 0.25) is 0 Å². The van der Waals surface area contributed by atoms with E-state index < -0.39 is 0 Å². The van der Waals surface area contributed by atoms with E-state index in [1.54, 1.807) is 0 Å². The monoisotopic (exact) mass is 191 g/mol. The Balaban J connectivity index is 2.47. The molecule has 1 atom stereocenters. The standard InChI is InChI=1S/C12H17NO/c1-8-6-10-11(13-3)4-5-14-12(10)7-9(8)2/h6-7,11,13H,4-5H2,1-3H3. The van der Waals surface area contributed by atoms with Gasteiger partial charge in [-0.15, -0.1) is 0 Å². The van der Waals surface area contributed by atoms with Crippen LogP contribution in [0.2, 0.25) is 0 Å². The molecule has 0 fully saturated rings. The van der Waals surface area contributed by atoms with Gasteiger partial charge < -0.3 is 10.1 Å². The first-order valence-electron chi connectivity index (χ1n) is 5.13. The molecule has 2 nitrogen and oxygen atoms in total. The summed E-state index contributed by atoms with van der Waals surface area (Å²) in [5, 5.41) is 3.33. The van der Waals surface area contributed by atoms with E-state index in [9.17, 15) is 0 Å². The number of hydrogen-bond donors (Lipinski definition) is 1. The Morgan fingerprint density at radius 3 is 2.71 bits per heavy atom. The third-order valence-electron chi connectivity index (χ3n) is 3.01. The Kier molecular flexibility index (Phi) is 2.46. The van der Waals surface area contributed by atoms with Crippen LogP contribution in [0.15, 0.2) is 12.1 Å². The minimum atomic E-state index is 0.457. The lowest BCUT2D eigenvalue weighted by Crippen LogP contribution is -2.24. The third-order valence-corrected chi connectivity index (χ3v) is 3.01. The van der Waals surface area contributed by atoms with Gasteiger partial charge in [0.05, 0.1) is 6.61 Å². The predicted octanol–water partition coefficient (Wildman–Crippen LogP) is 2.35. The van der Waals surface area contributed by atoms with Gasteiger partial charge in [-0.3, -0.25) is 0 Å². The van der Waals surface area contributed by atoms with E-state index >= 15 is 0 Å². The van der Waals surface area contributed by atoms with Crippen molar-refractivity contribution in [2.45, 2.75) is 26.3 Å². The molecule has 76 valence electrons. The molecule has 1 heterocycles. The van der Waals surface area contributed by atoms with Crippen molar-refractivity contribution in [1.29, 1.82) is 0 Å². The molecule has 0 aliphatic carbocycles. The molecule has 1 aliphatic heterocycles. The maximum Gasteiger partial charge on any atom is 0.124 e. The lowest BCUT2D eigenvalue weighted by Gasteiger charge is -2.26. The predicted molar refractivity (Wildman–Crippen MR) is 57.8 cm³/mol. The molecule has 14 heavy (non-hydrogen) atoms. The molecule has 0 radical (unpaired) electrons. The molecule has 0 bridgehead atoms. The molecule has 1 aliphatic rings. The van der Waals surface area contributed by atoms with Crippen LogP contribution < -0.4 is 10.1 Å². The van der Waals surface area contributed by atoms with Crippen molar-refractivity contribution in [2.24, 2.45) is 0 Å². The second-order valence-electron chi connectivity index (χ2n) is 3.95. The van der Waals surface area contributed by atoms with Crippen molar-refractivity contribution >= 4 is 0 Å². The first-order chi connectivity index (χ1) is 6.72. The lowest BCUT2D eigenvalue weighted by molar-refractivity contribution is 0.257. The lowest BCUT2D eigenvalue weighted by atomic mass is 9.96. The summed E-state index contributed by atoms with van der Waals surface area (Å²) in [6, 6.07) is 4.84. The molecular formula is C12H17NO. The molecule has 0 amide bonds. The van der Waals surface area contributed by atoms with Crippen LogP contribution >= 0.6 is 0 Å². The van der Waals surface area contributed by atoms with Crippen LogP contribution in [0.25, 0.3) is 0 Å². The Labute approximate surface area is 85.3 Å². The van der Waals surface area contributed by atoms with Crippen LogP contribution in [0, 0.1) is 13.8 Å². The van der Waals surface area contributed by atoms with Crippen LogP contribution in [0.4, 0.5) is 0 Å². The molecule has 0 saturated carbocycles. The van der Waals surface area contributed by atoms with Crippen molar-refractivity contribution in [3.05, 3.63) is 28.8 Å². The normalized spacial score (nSPS) is 20.1. The molecule has 1 aromatic rings. The summed E-state index contributed by atoms with van der Waals surface area (Å²) in [6.07, 6.45) is 1.06. The number of ether oxygens (including phenoxy) is 1. The average molecular weight is 191 g/mol. The van der Waals surface area contributed by atoms with Crippen LogP contribution in [-0.4, -0.2) is 13.7 Å². The van der Waals surface area contributed by atoms with Crippen molar-refractivity contribution in [2.75, 3.05) is 13.7 Å². The summed E-state index contributed by atoms with van der Waals surface area (Å²) in [6.45, 7) is 5.10. The zero-order chi connectivity index (χ0) is 10.1. The fourth-order valence-electron chi connectivity index (χ4n) is 1.95. The maximum absolute atomic E-state index is 5.65. The highest BCUT2D eigenvalue weighted by Crippen LogP contribution is 2.33. The molecule has 2 rings (SSSR count). The molecule has 0 spiro atoms. The quantitative estimate of drug-likeness (QED) is 0.735. The largest absolute Gasteiger partial charge is 0.493 e. The summed E-state index contributed by atoms with van der Waals surface area (Å²) in [5.74, 6) is 1.05. The van der Waals surface area contributed by atoms with Gasteiger partial charge in [-0.2, -0.15) is 0 Å². The highest BCUT2D eigenvalue weighted by molar-refractivity contribution is 5.44. The van der Waals surface area contributed by atoms with E-state index in [4.69, 9.17) is 4.74 Å². The SMILES string of the molecule is CNC1CCOc2cc(C)c(C)cc21.